The largest absolute Gasteiger partial charge is 0.339 e. The van der Waals surface area contributed by atoms with Crippen LogP contribution in [0.5, 0.6) is 0 Å². The summed E-state index contributed by atoms with van der Waals surface area (Å²) >= 11 is 0. The molecule has 1 saturated heterocycles. The Kier molecular flexibility index (Phi) is 7.61. The lowest BCUT2D eigenvalue weighted by atomic mass is 9.92. The van der Waals surface area contributed by atoms with E-state index in [4.69, 9.17) is 5.73 Å². The fourth-order valence-electron chi connectivity index (χ4n) is 3.33. The summed E-state index contributed by atoms with van der Waals surface area (Å²) in [7, 11) is 0. The van der Waals surface area contributed by atoms with Gasteiger partial charge in [0.1, 0.15) is 5.54 Å². The summed E-state index contributed by atoms with van der Waals surface area (Å²) < 4.78 is 0. The van der Waals surface area contributed by atoms with Gasteiger partial charge in [0.05, 0.1) is 0 Å². The smallest absolute Gasteiger partial charge is 0.253 e. The highest BCUT2D eigenvalue weighted by atomic mass is 35.5. The van der Waals surface area contributed by atoms with Crippen molar-refractivity contribution in [2.24, 2.45) is 5.73 Å². The van der Waals surface area contributed by atoms with Crippen molar-refractivity contribution >= 4 is 29.9 Å². The standard InChI is InChI=1S/C22H27N3O2.ClH/c1-22(23,18-9-5-4-6-10-18)21(27)24-19-13-11-17(12-14-19)20(26)25-15-7-2-3-8-16-25;/h4-6,9-14H,2-3,7-8,15-16,23H2,1H3,(H,24,27);1H. The lowest BCUT2D eigenvalue weighted by Gasteiger charge is -2.24. The van der Waals surface area contributed by atoms with Gasteiger partial charge in [-0.25, -0.2) is 0 Å². The van der Waals surface area contributed by atoms with Crippen LogP contribution in [0.25, 0.3) is 0 Å². The van der Waals surface area contributed by atoms with Crippen LogP contribution in [0.3, 0.4) is 0 Å². The molecule has 3 rings (SSSR count). The van der Waals surface area contributed by atoms with Crippen molar-refractivity contribution in [1.82, 2.24) is 4.90 Å². The minimum Gasteiger partial charge on any atom is -0.339 e. The van der Waals surface area contributed by atoms with Crippen molar-refractivity contribution in [3.05, 3.63) is 65.7 Å². The van der Waals surface area contributed by atoms with Crippen LogP contribution in [-0.4, -0.2) is 29.8 Å². The third kappa shape index (κ3) is 5.12. The van der Waals surface area contributed by atoms with E-state index in [0.717, 1.165) is 31.5 Å². The molecule has 0 radical (unpaired) electrons. The molecule has 1 aliphatic rings. The zero-order chi connectivity index (χ0) is 19.3. The van der Waals surface area contributed by atoms with Crippen LogP contribution in [-0.2, 0) is 10.3 Å². The van der Waals surface area contributed by atoms with Crippen molar-refractivity contribution in [3.63, 3.8) is 0 Å². The highest BCUT2D eigenvalue weighted by Crippen LogP contribution is 2.21. The third-order valence-electron chi connectivity index (χ3n) is 5.13. The number of anilines is 1. The first-order valence-electron chi connectivity index (χ1n) is 9.54. The first-order valence-corrected chi connectivity index (χ1v) is 9.54. The highest BCUT2D eigenvalue weighted by Gasteiger charge is 2.30. The number of benzene rings is 2. The Bertz CT molecular complexity index is 783. The first kappa shape index (κ1) is 21.9. The molecular weight excluding hydrogens is 374 g/mol. The summed E-state index contributed by atoms with van der Waals surface area (Å²) in [5.41, 5.74) is 7.13. The zero-order valence-corrected chi connectivity index (χ0v) is 17.0. The van der Waals surface area contributed by atoms with E-state index in [1.165, 1.54) is 12.8 Å². The Morgan fingerprint density at radius 2 is 1.50 bits per heavy atom. The van der Waals surface area contributed by atoms with Crippen LogP contribution in [0.15, 0.2) is 54.6 Å². The molecule has 0 aliphatic carbocycles. The van der Waals surface area contributed by atoms with Crippen LogP contribution in [0.4, 0.5) is 5.69 Å². The van der Waals surface area contributed by atoms with Crippen molar-refractivity contribution in [2.75, 3.05) is 18.4 Å². The average Bonchev–Trinajstić information content (AvgIpc) is 2.98. The van der Waals surface area contributed by atoms with Crippen LogP contribution < -0.4 is 11.1 Å². The van der Waals surface area contributed by atoms with Crippen molar-refractivity contribution in [2.45, 2.75) is 38.1 Å². The van der Waals surface area contributed by atoms with Gasteiger partial charge in [-0.3, -0.25) is 9.59 Å². The van der Waals surface area contributed by atoms with E-state index in [1.54, 1.807) is 31.2 Å². The molecule has 0 aromatic heterocycles. The molecule has 2 amide bonds. The van der Waals surface area contributed by atoms with Crippen LogP contribution in [0.1, 0.15) is 48.5 Å². The van der Waals surface area contributed by atoms with Crippen LogP contribution >= 0.6 is 12.4 Å². The van der Waals surface area contributed by atoms with Crippen LogP contribution in [0.2, 0.25) is 0 Å². The number of likely N-dealkylation sites (tertiary alicyclic amines) is 1. The number of carbonyl (C=O) groups excluding carboxylic acids is 2. The predicted molar refractivity (Wildman–Crippen MR) is 115 cm³/mol. The second-order valence-corrected chi connectivity index (χ2v) is 7.31. The van der Waals surface area contributed by atoms with Gasteiger partial charge < -0.3 is 16.0 Å². The van der Waals surface area contributed by atoms with Gasteiger partial charge >= 0.3 is 0 Å². The van der Waals surface area contributed by atoms with Gasteiger partial charge in [0.25, 0.3) is 5.91 Å². The quantitative estimate of drug-likeness (QED) is 0.814. The summed E-state index contributed by atoms with van der Waals surface area (Å²) in [5, 5.41) is 2.85. The summed E-state index contributed by atoms with van der Waals surface area (Å²) in [5.74, 6) is -0.233. The molecule has 0 saturated carbocycles. The molecule has 0 bridgehead atoms. The maximum Gasteiger partial charge on any atom is 0.253 e. The topological polar surface area (TPSA) is 75.4 Å². The number of halogens is 1. The first-order chi connectivity index (χ1) is 13.0. The SMILES string of the molecule is CC(N)(C(=O)Nc1ccc(C(=O)N2CCCCCC2)cc1)c1ccccc1.Cl. The number of hydrogen-bond acceptors (Lipinski definition) is 3. The molecule has 1 atom stereocenters. The minimum atomic E-state index is -1.14. The molecular formula is C22H28ClN3O2. The third-order valence-corrected chi connectivity index (χ3v) is 5.13. The second kappa shape index (κ2) is 9.71. The van der Waals surface area contributed by atoms with E-state index in [9.17, 15) is 9.59 Å². The van der Waals surface area contributed by atoms with E-state index in [2.05, 4.69) is 5.32 Å². The molecule has 5 nitrogen and oxygen atoms in total. The van der Waals surface area contributed by atoms with Gasteiger partial charge in [0.2, 0.25) is 5.91 Å². The summed E-state index contributed by atoms with van der Waals surface area (Å²) in [6.45, 7) is 3.33. The Morgan fingerprint density at radius 3 is 2.07 bits per heavy atom. The van der Waals surface area contributed by atoms with E-state index in [1.807, 2.05) is 35.2 Å². The number of carbonyl (C=O) groups is 2. The average molecular weight is 402 g/mol. The molecule has 1 heterocycles. The second-order valence-electron chi connectivity index (χ2n) is 7.31. The highest BCUT2D eigenvalue weighted by molar-refractivity contribution is 5.99. The normalized spacial score (nSPS) is 16.3. The Labute approximate surface area is 172 Å². The number of nitrogens with two attached hydrogens (primary N) is 1. The van der Waals surface area contributed by atoms with Gasteiger partial charge in [-0.15, -0.1) is 12.4 Å². The number of amides is 2. The molecule has 1 fully saturated rings. The Balaban J connectivity index is 0.00000280. The van der Waals surface area contributed by atoms with Gasteiger partial charge in [0.15, 0.2) is 0 Å². The van der Waals surface area contributed by atoms with Gasteiger partial charge in [-0.05, 0) is 49.6 Å². The van der Waals surface area contributed by atoms with Gasteiger partial charge in [0, 0.05) is 24.3 Å². The molecule has 3 N–H and O–H groups in total. The molecule has 2 aromatic rings. The molecule has 2 aromatic carbocycles. The van der Waals surface area contributed by atoms with E-state index < -0.39 is 5.54 Å². The van der Waals surface area contributed by atoms with E-state index in [0.29, 0.717) is 11.3 Å². The molecule has 1 unspecified atom stereocenters. The Morgan fingerprint density at radius 1 is 0.929 bits per heavy atom. The predicted octanol–water partition coefficient (Wildman–Crippen LogP) is 3.94. The Hall–Kier alpha value is -2.37. The lowest BCUT2D eigenvalue weighted by molar-refractivity contribution is -0.120. The number of nitrogens with zero attached hydrogens (tertiary/aromatic N) is 1. The minimum absolute atomic E-state index is 0. The van der Waals surface area contributed by atoms with Crippen molar-refractivity contribution in [3.8, 4) is 0 Å². The maximum absolute atomic E-state index is 12.6. The lowest BCUT2D eigenvalue weighted by Crippen LogP contribution is -2.45. The fraction of sp³-hybridized carbons (Fsp3) is 0.364. The summed E-state index contributed by atoms with van der Waals surface area (Å²) in [4.78, 5) is 27.2. The summed E-state index contributed by atoms with van der Waals surface area (Å²) in [6, 6.07) is 16.3. The number of nitrogens with one attached hydrogen (secondary N) is 1. The maximum atomic E-state index is 12.6. The number of hydrogen-bond donors (Lipinski definition) is 2. The molecule has 6 heteroatoms. The fourth-order valence-corrected chi connectivity index (χ4v) is 3.33. The van der Waals surface area contributed by atoms with Gasteiger partial charge in [-0.2, -0.15) is 0 Å². The van der Waals surface area contributed by atoms with Crippen molar-refractivity contribution < 1.29 is 9.59 Å². The van der Waals surface area contributed by atoms with E-state index >= 15 is 0 Å². The molecule has 28 heavy (non-hydrogen) atoms. The molecule has 0 spiro atoms. The van der Waals surface area contributed by atoms with Gasteiger partial charge in [-0.1, -0.05) is 43.2 Å². The van der Waals surface area contributed by atoms with Crippen molar-refractivity contribution in [1.29, 1.82) is 0 Å². The zero-order valence-electron chi connectivity index (χ0n) is 16.2. The molecule has 1 aliphatic heterocycles. The molecule has 150 valence electrons. The number of rotatable bonds is 4. The summed E-state index contributed by atoms with van der Waals surface area (Å²) in [6.07, 6.45) is 4.50. The monoisotopic (exact) mass is 401 g/mol. The van der Waals surface area contributed by atoms with Crippen LogP contribution in [0, 0.1) is 0 Å². The van der Waals surface area contributed by atoms with E-state index in [-0.39, 0.29) is 24.2 Å².